The predicted octanol–water partition coefficient (Wildman–Crippen LogP) is 0.393. The minimum Gasteiger partial charge on any atom is -0.348 e. The highest BCUT2D eigenvalue weighted by atomic mass is 16.1. The summed E-state index contributed by atoms with van der Waals surface area (Å²) < 4.78 is 3.26. The zero-order valence-corrected chi connectivity index (χ0v) is 10.3. The summed E-state index contributed by atoms with van der Waals surface area (Å²) in [6, 6.07) is 1.76. The Morgan fingerprint density at radius 1 is 1.37 bits per heavy atom. The molecule has 3 aromatic rings. The molecule has 0 spiro atoms. The van der Waals surface area contributed by atoms with Gasteiger partial charge in [-0.05, 0) is 6.07 Å². The van der Waals surface area contributed by atoms with Crippen molar-refractivity contribution in [3.63, 3.8) is 0 Å². The largest absolute Gasteiger partial charge is 0.348 e. The molecule has 3 aromatic heterocycles. The number of carbonyl (C=O) groups is 1. The third-order valence-electron chi connectivity index (χ3n) is 2.74. The van der Waals surface area contributed by atoms with Gasteiger partial charge < -0.3 is 5.32 Å². The summed E-state index contributed by atoms with van der Waals surface area (Å²) in [6.45, 7) is 0.427. The first kappa shape index (κ1) is 11.4. The third kappa shape index (κ3) is 2.17. The highest BCUT2D eigenvalue weighted by Gasteiger charge is 2.13. The Balaban J connectivity index is 1.77. The maximum atomic E-state index is 12.1. The van der Waals surface area contributed by atoms with Gasteiger partial charge in [0.1, 0.15) is 5.56 Å². The van der Waals surface area contributed by atoms with Gasteiger partial charge >= 0.3 is 0 Å². The number of carbonyl (C=O) groups excluding carboxylic acids is 1. The van der Waals surface area contributed by atoms with Crippen LogP contribution in [0.4, 0.5) is 0 Å². The van der Waals surface area contributed by atoms with Gasteiger partial charge in [-0.1, -0.05) is 0 Å². The van der Waals surface area contributed by atoms with Crippen LogP contribution in [-0.4, -0.2) is 30.3 Å². The number of rotatable bonds is 3. The molecule has 0 fully saturated rings. The van der Waals surface area contributed by atoms with E-state index in [9.17, 15) is 4.79 Å². The van der Waals surface area contributed by atoms with Crippen LogP contribution in [0.3, 0.4) is 0 Å². The predicted molar refractivity (Wildman–Crippen MR) is 67.4 cm³/mol. The van der Waals surface area contributed by atoms with E-state index in [2.05, 4.69) is 20.5 Å². The van der Waals surface area contributed by atoms with Crippen LogP contribution in [0.15, 0.2) is 37.1 Å². The molecule has 0 aliphatic carbocycles. The smallest absolute Gasteiger partial charge is 0.257 e. The van der Waals surface area contributed by atoms with E-state index in [4.69, 9.17) is 0 Å². The Morgan fingerprint density at radius 2 is 2.26 bits per heavy atom. The Bertz CT molecular complexity index is 728. The molecule has 3 rings (SSSR count). The molecule has 0 saturated carbocycles. The highest BCUT2D eigenvalue weighted by Crippen LogP contribution is 2.07. The summed E-state index contributed by atoms with van der Waals surface area (Å²) in [7, 11) is 1.83. The first-order chi connectivity index (χ1) is 9.24. The number of hydrogen-bond acceptors (Lipinski definition) is 4. The van der Waals surface area contributed by atoms with E-state index < -0.39 is 0 Å². The summed E-state index contributed by atoms with van der Waals surface area (Å²) in [5.74, 6) is -0.197. The van der Waals surface area contributed by atoms with Crippen molar-refractivity contribution in [2.24, 2.45) is 7.05 Å². The molecular formula is C12H12N6O. The van der Waals surface area contributed by atoms with Crippen LogP contribution in [0.2, 0.25) is 0 Å². The van der Waals surface area contributed by atoms with E-state index in [0.29, 0.717) is 17.8 Å². The average molecular weight is 256 g/mol. The Kier molecular flexibility index (Phi) is 2.71. The van der Waals surface area contributed by atoms with Crippen LogP contribution in [0, 0.1) is 0 Å². The summed E-state index contributed by atoms with van der Waals surface area (Å²) in [6.07, 6.45) is 8.47. The number of amides is 1. The summed E-state index contributed by atoms with van der Waals surface area (Å²) in [4.78, 5) is 16.2. The van der Waals surface area contributed by atoms with E-state index in [0.717, 1.165) is 5.56 Å². The molecule has 0 aliphatic heterocycles. The molecule has 0 aromatic carbocycles. The second-order valence-electron chi connectivity index (χ2n) is 4.15. The van der Waals surface area contributed by atoms with Gasteiger partial charge in [0.15, 0.2) is 5.65 Å². The number of aromatic nitrogens is 5. The lowest BCUT2D eigenvalue weighted by Crippen LogP contribution is -2.22. The average Bonchev–Trinajstić information content (AvgIpc) is 3.02. The zero-order valence-electron chi connectivity index (χ0n) is 10.3. The minimum absolute atomic E-state index is 0.197. The number of nitrogens with one attached hydrogen (secondary N) is 1. The van der Waals surface area contributed by atoms with E-state index in [1.54, 1.807) is 33.9 Å². The topological polar surface area (TPSA) is 77.1 Å². The molecule has 1 amide bonds. The second-order valence-corrected chi connectivity index (χ2v) is 4.15. The fraction of sp³-hybridized carbons (Fsp3) is 0.167. The monoisotopic (exact) mass is 256 g/mol. The molecule has 3 heterocycles. The number of aryl methyl sites for hydroxylation is 1. The van der Waals surface area contributed by atoms with Crippen molar-refractivity contribution in [1.29, 1.82) is 0 Å². The number of hydrogen-bond donors (Lipinski definition) is 1. The van der Waals surface area contributed by atoms with Crippen LogP contribution in [0.25, 0.3) is 5.65 Å². The van der Waals surface area contributed by atoms with Crippen LogP contribution >= 0.6 is 0 Å². The van der Waals surface area contributed by atoms with Crippen molar-refractivity contribution in [2.45, 2.75) is 6.54 Å². The lowest BCUT2D eigenvalue weighted by molar-refractivity contribution is 0.0952. The summed E-state index contributed by atoms with van der Waals surface area (Å²) in [5.41, 5.74) is 1.95. The molecule has 7 nitrogen and oxygen atoms in total. The molecule has 0 unspecified atom stereocenters. The maximum Gasteiger partial charge on any atom is 0.257 e. The minimum atomic E-state index is -0.197. The van der Waals surface area contributed by atoms with Crippen molar-refractivity contribution >= 4 is 11.6 Å². The van der Waals surface area contributed by atoms with Gasteiger partial charge in [-0.2, -0.15) is 10.2 Å². The van der Waals surface area contributed by atoms with Crippen LogP contribution in [-0.2, 0) is 13.6 Å². The van der Waals surface area contributed by atoms with Gasteiger partial charge in [-0.25, -0.2) is 9.50 Å². The van der Waals surface area contributed by atoms with E-state index in [1.807, 2.05) is 13.2 Å². The summed E-state index contributed by atoms with van der Waals surface area (Å²) >= 11 is 0. The Labute approximate surface area is 108 Å². The summed E-state index contributed by atoms with van der Waals surface area (Å²) in [5, 5.41) is 10.9. The standard InChI is InChI=1S/C12H12N6O/c1-17-8-9(6-15-17)5-14-12(19)10-7-16-18-4-2-3-13-11(10)18/h2-4,6-8H,5H2,1H3,(H,14,19). The quantitative estimate of drug-likeness (QED) is 0.735. The molecule has 0 radical (unpaired) electrons. The van der Waals surface area contributed by atoms with Crippen LogP contribution < -0.4 is 5.32 Å². The first-order valence-corrected chi connectivity index (χ1v) is 5.78. The normalized spacial score (nSPS) is 10.8. The second kappa shape index (κ2) is 4.52. The lowest BCUT2D eigenvalue weighted by Gasteiger charge is -2.01. The number of fused-ring (bicyclic) bond motifs is 1. The van der Waals surface area contributed by atoms with Crippen molar-refractivity contribution in [1.82, 2.24) is 29.7 Å². The van der Waals surface area contributed by atoms with Gasteiger partial charge in [-0.15, -0.1) is 0 Å². The van der Waals surface area contributed by atoms with Crippen LogP contribution in [0.1, 0.15) is 15.9 Å². The molecule has 0 bridgehead atoms. The molecule has 1 N–H and O–H groups in total. The van der Waals surface area contributed by atoms with Crippen LogP contribution in [0.5, 0.6) is 0 Å². The van der Waals surface area contributed by atoms with E-state index >= 15 is 0 Å². The maximum absolute atomic E-state index is 12.1. The molecule has 7 heteroatoms. The lowest BCUT2D eigenvalue weighted by atomic mass is 10.3. The molecule has 19 heavy (non-hydrogen) atoms. The molecule has 0 saturated heterocycles. The Morgan fingerprint density at radius 3 is 3.05 bits per heavy atom. The van der Waals surface area contributed by atoms with Crippen molar-refractivity contribution < 1.29 is 4.79 Å². The molecule has 0 atom stereocenters. The van der Waals surface area contributed by atoms with Crippen molar-refractivity contribution in [3.8, 4) is 0 Å². The molecule has 96 valence electrons. The van der Waals surface area contributed by atoms with Gasteiger partial charge in [0, 0.05) is 37.7 Å². The number of nitrogens with zero attached hydrogens (tertiary/aromatic N) is 5. The van der Waals surface area contributed by atoms with Crippen molar-refractivity contribution in [3.05, 3.63) is 48.2 Å². The zero-order chi connectivity index (χ0) is 13.2. The van der Waals surface area contributed by atoms with E-state index in [-0.39, 0.29) is 5.91 Å². The van der Waals surface area contributed by atoms with E-state index in [1.165, 1.54) is 6.20 Å². The van der Waals surface area contributed by atoms with Gasteiger partial charge in [0.05, 0.1) is 12.4 Å². The third-order valence-corrected chi connectivity index (χ3v) is 2.74. The molecule has 0 aliphatic rings. The molecular weight excluding hydrogens is 244 g/mol. The fourth-order valence-corrected chi connectivity index (χ4v) is 1.83. The highest BCUT2D eigenvalue weighted by molar-refractivity contribution is 5.99. The van der Waals surface area contributed by atoms with Gasteiger partial charge in [-0.3, -0.25) is 9.48 Å². The SMILES string of the molecule is Cn1cc(CNC(=O)c2cnn3cccnc23)cn1. The van der Waals surface area contributed by atoms with Crippen molar-refractivity contribution in [2.75, 3.05) is 0 Å². The van der Waals surface area contributed by atoms with Gasteiger partial charge in [0.2, 0.25) is 0 Å². The fourth-order valence-electron chi connectivity index (χ4n) is 1.83. The van der Waals surface area contributed by atoms with Gasteiger partial charge in [0.25, 0.3) is 5.91 Å². The Hall–Kier alpha value is -2.70. The first-order valence-electron chi connectivity index (χ1n) is 5.78.